The number of esters is 1. The zero-order chi connectivity index (χ0) is 19.6. The normalized spacial score (nSPS) is 10.6. The van der Waals surface area contributed by atoms with Gasteiger partial charge in [-0.1, -0.05) is 48.0 Å². The summed E-state index contributed by atoms with van der Waals surface area (Å²) in [6.45, 7) is 4.31. The number of aliphatic carboxylic acids is 1. The predicted octanol–water partition coefficient (Wildman–Crippen LogP) is 4.69. The first-order valence-corrected chi connectivity index (χ1v) is 8.83. The maximum Gasteiger partial charge on any atom is 0.338 e. The smallest absolute Gasteiger partial charge is 0.338 e. The number of hydrogen-bond acceptors (Lipinski definition) is 3. The van der Waals surface area contributed by atoms with Crippen LogP contribution in [-0.4, -0.2) is 23.7 Å². The second kappa shape index (κ2) is 10.1. The SMILES string of the molecule is CC(C)=CCc1cc(/C=C/C(=O)O)cc(C(=O)OCCc2ccccc2)c1. The van der Waals surface area contributed by atoms with Crippen LogP contribution in [0.2, 0.25) is 0 Å². The molecule has 2 aromatic carbocycles. The molecular formula is C23H24O4. The van der Waals surface area contributed by atoms with E-state index < -0.39 is 11.9 Å². The van der Waals surface area contributed by atoms with Crippen LogP contribution in [0.15, 0.2) is 66.3 Å². The Hall–Kier alpha value is -3.14. The Labute approximate surface area is 159 Å². The number of benzene rings is 2. The van der Waals surface area contributed by atoms with E-state index in [2.05, 4.69) is 6.08 Å². The first-order valence-electron chi connectivity index (χ1n) is 8.83. The third kappa shape index (κ3) is 7.32. The van der Waals surface area contributed by atoms with E-state index in [1.807, 2.05) is 50.2 Å². The van der Waals surface area contributed by atoms with Gasteiger partial charge in [0.05, 0.1) is 12.2 Å². The standard InChI is InChI=1S/C23H24O4/c1-17(2)8-9-19-14-20(10-11-22(24)25)16-21(15-19)23(26)27-13-12-18-6-4-3-5-7-18/h3-8,10-11,14-16H,9,12-13H2,1-2H3,(H,24,25)/b11-10+. The number of carbonyl (C=O) groups excluding carboxylic acids is 1. The lowest BCUT2D eigenvalue weighted by molar-refractivity contribution is -0.131. The van der Waals surface area contributed by atoms with E-state index in [9.17, 15) is 9.59 Å². The molecular weight excluding hydrogens is 340 g/mol. The molecule has 0 aliphatic rings. The monoisotopic (exact) mass is 364 g/mol. The minimum Gasteiger partial charge on any atom is -0.478 e. The van der Waals surface area contributed by atoms with Crippen LogP contribution in [0.4, 0.5) is 0 Å². The number of allylic oxidation sites excluding steroid dienone is 2. The molecule has 0 unspecified atom stereocenters. The average molecular weight is 364 g/mol. The Kier molecular flexibility index (Phi) is 7.56. The Bertz CT molecular complexity index is 844. The van der Waals surface area contributed by atoms with E-state index in [-0.39, 0.29) is 0 Å². The van der Waals surface area contributed by atoms with Crippen LogP contribution < -0.4 is 0 Å². The average Bonchev–Trinajstić information content (AvgIpc) is 2.65. The van der Waals surface area contributed by atoms with Gasteiger partial charge in [0.15, 0.2) is 0 Å². The molecule has 140 valence electrons. The first-order chi connectivity index (χ1) is 12.9. The zero-order valence-electron chi connectivity index (χ0n) is 15.6. The van der Waals surface area contributed by atoms with E-state index >= 15 is 0 Å². The van der Waals surface area contributed by atoms with E-state index in [1.165, 1.54) is 11.6 Å². The van der Waals surface area contributed by atoms with Crippen LogP contribution in [-0.2, 0) is 22.4 Å². The highest BCUT2D eigenvalue weighted by atomic mass is 16.5. The minimum atomic E-state index is -1.03. The highest BCUT2D eigenvalue weighted by Crippen LogP contribution is 2.15. The van der Waals surface area contributed by atoms with Gasteiger partial charge in [-0.2, -0.15) is 0 Å². The van der Waals surface area contributed by atoms with Crippen LogP contribution >= 0.6 is 0 Å². The molecule has 1 N–H and O–H groups in total. The first kappa shape index (κ1) is 20.2. The number of carbonyl (C=O) groups is 2. The number of hydrogen-bond donors (Lipinski definition) is 1. The van der Waals surface area contributed by atoms with Crippen LogP contribution in [0.25, 0.3) is 6.08 Å². The van der Waals surface area contributed by atoms with Crippen molar-refractivity contribution in [2.24, 2.45) is 0 Å². The molecule has 0 spiro atoms. The molecule has 0 radical (unpaired) electrons. The van der Waals surface area contributed by atoms with E-state index in [4.69, 9.17) is 9.84 Å². The van der Waals surface area contributed by atoms with E-state index in [0.29, 0.717) is 30.6 Å². The topological polar surface area (TPSA) is 63.6 Å². The molecule has 4 nitrogen and oxygen atoms in total. The summed E-state index contributed by atoms with van der Waals surface area (Å²) in [4.78, 5) is 23.2. The van der Waals surface area contributed by atoms with Gasteiger partial charge in [0.2, 0.25) is 0 Å². The largest absolute Gasteiger partial charge is 0.478 e. The fourth-order valence-corrected chi connectivity index (χ4v) is 2.53. The molecule has 0 aliphatic carbocycles. The molecule has 0 amide bonds. The van der Waals surface area contributed by atoms with Crippen molar-refractivity contribution in [3.05, 3.63) is 88.5 Å². The van der Waals surface area contributed by atoms with Gasteiger partial charge >= 0.3 is 11.9 Å². The van der Waals surface area contributed by atoms with Crippen molar-refractivity contribution in [1.82, 2.24) is 0 Å². The molecule has 0 fully saturated rings. The fraction of sp³-hybridized carbons (Fsp3) is 0.217. The Balaban J connectivity index is 2.13. The van der Waals surface area contributed by atoms with E-state index in [1.54, 1.807) is 12.1 Å². The van der Waals surface area contributed by atoms with Gasteiger partial charge in [-0.25, -0.2) is 9.59 Å². The molecule has 2 aromatic rings. The highest BCUT2D eigenvalue weighted by molar-refractivity contribution is 5.91. The molecule has 2 rings (SSSR count). The zero-order valence-corrected chi connectivity index (χ0v) is 15.6. The summed E-state index contributed by atoms with van der Waals surface area (Å²) >= 11 is 0. The molecule has 27 heavy (non-hydrogen) atoms. The van der Waals surface area contributed by atoms with Crippen molar-refractivity contribution >= 4 is 18.0 Å². The molecule has 0 aromatic heterocycles. The van der Waals surface area contributed by atoms with Crippen molar-refractivity contribution < 1.29 is 19.4 Å². The van der Waals surface area contributed by atoms with E-state index in [0.717, 1.165) is 17.2 Å². The van der Waals surface area contributed by atoms with Crippen molar-refractivity contribution in [3.63, 3.8) is 0 Å². The maximum absolute atomic E-state index is 12.4. The molecule has 0 saturated carbocycles. The van der Waals surface area contributed by atoms with Crippen LogP contribution in [0, 0.1) is 0 Å². The summed E-state index contributed by atoms with van der Waals surface area (Å²) in [6.07, 6.45) is 5.92. The van der Waals surface area contributed by atoms with Gasteiger partial charge in [0.1, 0.15) is 0 Å². The van der Waals surface area contributed by atoms with Crippen molar-refractivity contribution in [3.8, 4) is 0 Å². The summed E-state index contributed by atoms with van der Waals surface area (Å²) in [5.41, 5.74) is 4.29. The third-order valence-corrected chi connectivity index (χ3v) is 3.88. The second-order valence-corrected chi connectivity index (χ2v) is 6.49. The van der Waals surface area contributed by atoms with Gasteiger partial charge in [-0.05, 0) is 55.2 Å². The summed E-state index contributed by atoms with van der Waals surface area (Å²) in [7, 11) is 0. The minimum absolute atomic E-state index is 0.293. The molecule has 0 atom stereocenters. The quantitative estimate of drug-likeness (QED) is 0.419. The maximum atomic E-state index is 12.4. The van der Waals surface area contributed by atoms with Crippen molar-refractivity contribution in [2.45, 2.75) is 26.7 Å². The van der Waals surface area contributed by atoms with Crippen LogP contribution in [0.3, 0.4) is 0 Å². The van der Waals surface area contributed by atoms with Crippen LogP contribution in [0.1, 0.15) is 40.9 Å². The molecule has 0 aliphatic heterocycles. The second-order valence-electron chi connectivity index (χ2n) is 6.49. The summed E-state index contributed by atoms with van der Waals surface area (Å²) < 4.78 is 5.40. The third-order valence-electron chi connectivity index (χ3n) is 3.88. The number of ether oxygens (including phenoxy) is 1. The van der Waals surface area contributed by atoms with Gasteiger partial charge < -0.3 is 9.84 Å². The Morgan fingerprint density at radius 2 is 1.78 bits per heavy atom. The van der Waals surface area contributed by atoms with Gasteiger partial charge in [-0.3, -0.25) is 0 Å². The lowest BCUT2D eigenvalue weighted by atomic mass is 10.0. The molecule has 4 heteroatoms. The summed E-state index contributed by atoms with van der Waals surface area (Å²) in [5.74, 6) is -1.44. The number of carboxylic acid groups (broad SMARTS) is 1. The van der Waals surface area contributed by atoms with Crippen molar-refractivity contribution in [1.29, 1.82) is 0 Å². The number of rotatable bonds is 8. The molecule has 0 bridgehead atoms. The Morgan fingerprint density at radius 3 is 2.44 bits per heavy atom. The number of carboxylic acids is 1. The van der Waals surface area contributed by atoms with Gasteiger partial charge in [-0.15, -0.1) is 0 Å². The lowest BCUT2D eigenvalue weighted by Gasteiger charge is -2.08. The van der Waals surface area contributed by atoms with Crippen molar-refractivity contribution in [2.75, 3.05) is 6.61 Å². The van der Waals surface area contributed by atoms with Gasteiger partial charge in [0, 0.05) is 12.5 Å². The highest BCUT2D eigenvalue weighted by Gasteiger charge is 2.10. The van der Waals surface area contributed by atoms with Crippen LogP contribution in [0.5, 0.6) is 0 Å². The van der Waals surface area contributed by atoms with Gasteiger partial charge in [0.25, 0.3) is 0 Å². The lowest BCUT2D eigenvalue weighted by Crippen LogP contribution is -2.09. The summed E-state index contributed by atoms with van der Waals surface area (Å²) in [6, 6.07) is 15.1. The molecule has 0 heterocycles. The predicted molar refractivity (Wildman–Crippen MR) is 107 cm³/mol. The molecule has 0 saturated heterocycles. The fourth-order valence-electron chi connectivity index (χ4n) is 2.53. The summed E-state index contributed by atoms with van der Waals surface area (Å²) in [5, 5.41) is 8.84. The Morgan fingerprint density at radius 1 is 1.04 bits per heavy atom.